The van der Waals surface area contributed by atoms with Crippen LogP contribution in [0.1, 0.15) is 41.9 Å². The average Bonchev–Trinajstić information content (AvgIpc) is 2.50. The van der Waals surface area contributed by atoms with Crippen LogP contribution in [0.25, 0.3) is 0 Å². The number of carbonyl (C=O) groups is 1. The molecule has 0 aromatic carbocycles. The Bertz CT molecular complexity index is 663. The van der Waals surface area contributed by atoms with E-state index in [0.29, 0.717) is 5.69 Å². The smallest absolute Gasteiger partial charge is 0.270 e. The summed E-state index contributed by atoms with van der Waals surface area (Å²) in [5.41, 5.74) is 1.48. The predicted octanol–water partition coefficient (Wildman–Crippen LogP) is 1.64. The van der Waals surface area contributed by atoms with Crippen molar-refractivity contribution in [2.75, 3.05) is 33.2 Å². The number of likely N-dealkylation sites (tertiary alicyclic amines) is 2. The topological polar surface area (TPSA) is 45.6 Å². The number of amides is 1. The largest absolute Gasteiger partial charge is 0.344 e. The number of rotatable bonds is 1. The molecule has 2 aliphatic rings. The Kier molecular flexibility index (Phi) is 4.32. The molecule has 1 amide bonds. The minimum absolute atomic E-state index is 0.000557. The molecule has 1 atom stereocenters. The van der Waals surface area contributed by atoms with E-state index in [9.17, 15) is 9.59 Å². The van der Waals surface area contributed by atoms with Gasteiger partial charge in [0.05, 0.1) is 0 Å². The average molecular weight is 317 g/mol. The van der Waals surface area contributed by atoms with Crippen molar-refractivity contribution in [3.05, 3.63) is 33.7 Å². The van der Waals surface area contributed by atoms with Crippen LogP contribution in [-0.2, 0) is 7.05 Å². The van der Waals surface area contributed by atoms with Crippen LogP contribution in [0.3, 0.4) is 0 Å². The highest BCUT2D eigenvalue weighted by atomic mass is 16.2. The number of carbonyl (C=O) groups excluding carboxylic acids is 1. The zero-order chi connectivity index (χ0) is 16.6. The van der Waals surface area contributed by atoms with Crippen LogP contribution < -0.4 is 5.43 Å². The van der Waals surface area contributed by atoms with E-state index in [1.165, 1.54) is 25.3 Å². The third-order valence-corrected chi connectivity index (χ3v) is 5.54. The molecule has 2 aliphatic heterocycles. The second kappa shape index (κ2) is 6.11. The van der Waals surface area contributed by atoms with E-state index >= 15 is 0 Å². The van der Waals surface area contributed by atoms with Crippen molar-refractivity contribution in [3.63, 3.8) is 0 Å². The van der Waals surface area contributed by atoms with Crippen molar-refractivity contribution < 1.29 is 4.79 Å². The molecule has 0 bridgehead atoms. The van der Waals surface area contributed by atoms with E-state index in [0.717, 1.165) is 38.3 Å². The Balaban J connectivity index is 1.84. The van der Waals surface area contributed by atoms with E-state index in [2.05, 4.69) is 11.9 Å². The summed E-state index contributed by atoms with van der Waals surface area (Å²) in [4.78, 5) is 29.1. The van der Waals surface area contributed by atoms with Gasteiger partial charge in [0, 0.05) is 49.9 Å². The highest BCUT2D eigenvalue weighted by molar-refractivity contribution is 5.92. The first kappa shape index (κ1) is 16.2. The first-order valence-electron chi connectivity index (χ1n) is 8.56. The van der Waals surface area contributed by atoms with Gasteiger partial charge in [-0.2, -0.15) is 0 Å². The molecule has 2 saturated heterocycles. The van der Waals surface area contributed by atoms with E-state index in [1.54, 1.807) is 6.07 Å². The molecule has 5 heteroatoms. The van der Waals surface area contributed by atoms with Crippen LogP contribution in [0.4, 0.5) is 0 Å². The molecule has 1 spiro atoms. The van der Waals surface area contributed by atoms with Gasteiger partial charge in [0.15, 0.2) is 5.43 Å². The maximum Gasteiger partial charge on any atom is 0.270 e. The Morgan fingerprint density at radius 1 is 1.09 bits per heavy atom. The van der Waals surface area contributed by atoms with Gasteiger partial charge < -0.3 is 14.4 Å². The molecular weight excluding hydrogens is 290 g/mol. The van der Waals surface area contributed by atoms with Crippen molar-refractivity contribution in [2.24, 2.45) is 12.5 Å². The van der Waals surface area contributed by atoms with Crippen molar-refractivity contribution in [1.29, 1.82) is 0 Å². The second-order valence-corrected chi connectivity index (χ2v) is 7.45. The summed E-state index contributed by atoms with van der Waals surface area (Å²) in [5, 5.41) is 0. The molecule has 0 aliphatic carbocycles. The van der Waals surface area contributed by atoms with E-state index in [-0.39, 0.29) is 16.8 Å². The molecule has 3 heterocycles. The van der Waals surface area contributed by atoms with Crippen molar-refractivity contribution >= 4 is 5.91 Å². The van der Waals surface area contributed by atoms with E-state index in [4.69, 9.17) is 0 Å². The van der Waals surface area contributed by atoms with Gasteiger partial charge in [0.2, 0.25) is 0 Å². The van der Waals surface area contributed by atoms with Crippen LogP contribution in [0.5, 0.6) is 0 Å². The van der Waals surface area contributed by atoms with Crippen LogP contribution >= 0.6 is 0 Å². The van der Waals surface area contributed by atoms with Gasteiger partial charge in [-0.3, -0.25) is 9.59 Å². The molecule has 126 valence electrons. The molecule has 2 fully saturated rings. The number of nitrogens with zero attached hydrogens (tertiary/aromatic N) is 3. The summed E-state index contributed by atoms with van der Waals surface area (Å²) in [5.74, 6) is 0.000557. The number of hydrogen-bond donors (Lipinski definition) is 0. The van der Waals surface area contributed by atoms with Crippen molar-refractivity contribution in [2.45, 2.75) is 32.6 Å². The third-order valence-electron chi connectivity index (χ3n) is 5.54. The monoisotopic (exact) mass is 317 g/mol. The number of piperidine rings is 2. The Morgan fingerprint density at radius 3 is 2.48 bits per heavy atom. The van der Waals surface area contributed by atoms with Gasteiger partial charge in [0.25, 0.3) is 5.91 Å². The van der Waals surface area contributed by atoms with Crippen molar-refractivity contribution in [1.82, 2.24) is 14.4 Å². The Morgan fingerprint density at radius 2 is 1.78 bits per heavy atom. The summed E-state index contributed by atoms with van der Waals surface area (Å²) in [6.45, 7) is 5.71. The molecule has 0 saturated carbocycles. The zero-order valence-corrected chi connectivity index (χ0v) is 14.5. The van der Waals surface area contributed by atoms with Crippen LogP contribution in [0, 0.1) is 12.3 Å². The van der Waals surface area contributed by atoms with Crippen LogP contribution in [-0.4, -0.2) is 53.5 Å². The lowest BCUT2D eigenvalue weighted by atomic mass is 9.74. The molecule has 1 aromatic rings. The minimum atomic E-state index is -0.0897. The highest BCUT2D eigenvalue weighted by Gasteiger charge is 2.40. The van der Waals surface area contributed by atoms with E-state index in [1.807, 2.05) is 23.4 Å². The summed E-state index contributed by atoms with van der Waals surface area (Å²) < 4.78 is 1.83. The van der Waals surface area contributed by atoms with Gasteiger partial charge in [-0.1, -0.05) is 0 Å². The van der Waals surface area contributed by atoms with E-state index < -0.39 is 0 Å². The van der Waals surface area contributed by atoms with Gasteiger partial charge in [-0.15, -0.1) is 0 Å². The lowest BCUT2D eigenvalue weighted by Gasteiger charge is -2.47. The maximum atomic E-state index is 13.0. The number of hydrogen-bond acceptors (Lipinski definition) is 3. The molecule has 23 heavy (non-hydrogen) atoms. The SMILES string of the molecule is Cc1cc(=O)cc(C(=O)N2CCCC3(CCCN(C)C3)C2)n1C. The molecule has 1 unspecified atom stereocenters. The summed E-state index contributed by atoms with van der Waals surface area (Å²) in [6.07, 6.45) is 4.67. The standard InChI is InChI=1S/C18H27N3O2/c1-14-10-15(22)11-16(20(14)3)17(23)21-9-5-7-18(13-21)6-4-8-19(2)12-18/h10-11H,4-9,12-13H2,1-3H3. The van der Waals surface area contributed by atoms with Crippen LogP contribution in [0.2, 0.25) is 0 Å². The minimum Gasteiger partial charge on any atom is -0.344 e. The van der Waals surface area contributed by atoms with Gasteiger partial charge >= 0.3 is 0 Å². The first-order chi connectivity index (χ1) is 10.9. The predicted molar refractivity (Wildman–Crippen MR) is 90.7 cm³/mol. The van der Waals surface area contributed by atoms with Crippen LogP contribution in [0.15, 0.2) is 16.9 Å². The van der Waals surface area contributed by atoms with Crippen molar-refractivity contribution in [3.8, 4) is 0 Å². The Labute approximate surface area is 137 Å². The second-order valence-electron chi connectivity index (χ2n) is 7.45. The molecule has 5 nitrogen and oxygen atoms in total. The fourth-order valence-electron chi connectivity index (χ4n) is 4.30. The summed E-state index contributed by atoms with van der Waals surface area (Å²) in [7, 11) is 4.03. The molecular formula is C18H27N3O2. The lowest BCUT2D eigenvalue weighted by Crippen LogP contribution is -2.53. The molecule has 0 radical (unpaired) electrons. The normalized spacial score (nSPS) is 25.8. The number of aryl methyl sites for hydroxylation is 1. The Hall–Kier alpha value is -1.62. The summed E-state index contributed by atoms with van der Waals surface area (Å²) in [6, 6.07) is 3.05. The molecule has 1 aromatic heterocycles. The zero-order valence-electron chi connectivity index (χ0n) is 14.5. The fourth-order valence-corrected chi connectivity index (χ4v) is 4.30. The van der Waals surface area contributed by atoms with Gasteiger partial charge in [0.1, 0.15) is 5.69 Å². The fraction of sp³-hybridized carbons (Fsp3) is 0.667. The highest BCUT2D eigenvalue weighted by Crippen LogP contribution is 2.38. The molecule has 0 N–H and O–H groups in total. The lowest BCUT2D eigenvalue weighted by molar-refractivity contribution is 0.0201. The summed E-state index contributed by atoms with van der Waals surface area (Å²) >= 11 is 0. The quantitative estimate of drug-likeness (QED) is 0.791. The maximum absolute atomic E-state index is 13.0. The number of pyridine rings is 1. The van der Waals surface area contributed by atoms with Gasteiger partial charge in [-0.05, 0) is 46.2 Å². The number of aromatic nitrogens is 1. The first-order valence-corrected chi connectivity index (χ1v) is 8.56. The molecule has 3 rings (SSSR count). The third kappa shape index (κ3) is 3.20. The van der Waals surface area contributed by atoms with Gasteiger partial charge in [-0.25, -0.2) is 0 Å².